The normalized spacial score (nSPS) is 18.4. The Morgan fingerprint density at radius 1 is 1.31 bits per heavy atom. The first kappa shape index (κ1) is 24.6. The lowest BCUT2D eigenvalue weighted by Crippen LogP contribution is -2.45. The predicted octanol–water partition coefficient (Wildman–Crippen LogP) is 4.55. The summed E-state index contributed by atoms with van der Waals surface area (Å²) >= 11 is 2.25. The van der Waals surface area contributed by atoms with E-state index in [-0.39, 0.29) is 40.3 Å². The van der Waals surface area contributed by atoms with Gasteiger partial charge in [0.1, 0.15) is 6.17 Å². The standard InChI is InChI=1S/C22H20F4N6O2S2/c23-13-9-27-5-4-14(13)30-15-3-1-2-11-12(8-22(24,25)26)18(36-17(11)15)19-31-16(34-32-19)10-29-20(33)21-28-6-7-35-21/h1-3,6-7,13-14,27,30H,4-5,8-10H2,(H,29,33)/t13-,14+/m0/s1. The highest BCUT2D eigenvalue weighted by atomic mass is 32.1. The van der Waals surface area contributed by atoms with Crippen molar-refractivity contribution in [3.05, 3.63) is 46.2 Å². The molecular weight excluding hydrogens is 520 g/mol. The highest BCUT2D eigenvalue weighted by Crippen LogP contribution is 2.43. The molecule has 0 unspecified atom stereocenters. The molecule has 1 amide bonds. The highest BCUT2D eigenvalue weighted by molar-refractivity contribution is 7.23. The van der Waals surface area contributed by atoms with E-state index in [9.17, 15) is 22.4 Å². The van der Waals surface area contributed by atoms with Gasteiger partial charge in [0, 0.05) is 18.1 Å². The molecule has 5 rings (SSSR count). The summed E-state index contributed by atoms with van der Waals surface area (Å²) in [6.07, 6.45) is -4.74. The van der Waals surface area contributed by atoms with Crippen LogP contribution >= 0.6 is 22.7 Å². The van der Waals surface area contributed by atoms with Gasteiger partial charge in [0.2, 0.25) is 11.7 Å². The van der Waals surface area contributed by atoms with Gasteiger partial charge in [-0.25, -0.2) is 9.37 Å². The van der Waals surface area contributed by atoms with Crippen molar-refractivity contribution < 1.29 is 26.9 Å². The Labute approximate surface area is 210 Å². The summed E-state index contributed by atoms with van der Waals surface area (Å²) < 4.78 is 60.7. The Balaban J connectivity index is 1.46. The zero-order valence-corrected chi connectivity index (χ0v) is 20.2. The third-order valence-electron chi connectivity index (χ3n) is 5.64. The summed E-state index contributed by atoms with van der Waals surface area (Å²) in [6, 6.07) is 4.52. The van der Waals surface area contributed by atoms with E-state index in [1.54, 1.807) is 23.6 Å². The van der Waals surface area contributed by atoms with Gasteiger partial charge in [-0.1, -0.05) is 17.3 Å². The Morgan fingerprint density at radius 2 is 2.17 bits per heavy atom. The van der Waals surface area contributed by atoms with Gasteiger partial charge in [0.15, 0.2) is 5.01 Å². The van der Waals surface area contributed by atoms with E-state index in [0.717, 1.165) is 22.7 Å². The second-order valence-electron chi connectivity index (χ2n) is 8.18. The number of hydrogen-bond donors (Lipinski definition) is 3. The summed E-state index contributed by atoms with van der Waals surface area (Å²) in [4.78, 5) is 20.4. The van der Waals surface area contributed by atoms with Crippen LogP contribution in [0.3, 0.4) is 0 Å². The zero-order valence-electron chi connectivity index (χ0n) is 18.6. The fourth-order valence-electron chi connectivity index (χ4n) is 4.01. The SMILES string of the molecule is O=C(NCc1nc(-c2sc3c(N[C@@H]4CCNC[C@@H]4F)cccc3c2CC(F)(F)F)no1)c1nccs1. The number of carbonyl (C=O) groups excluding carboxylic acids is 1. The molecule has 4 aromatic rings. The molecule has 36 heavy (non-hydrogen) atoms. The van der Waals surface area contributed by atoms with Gasteiger partial charge in [-0.3, -0.25) is 4.79 Å². The first-order valence-electron chi connectivity index (χ1n) is 11.0. The van der Waals surface area contributed by atoms with Gasteiger partial charge in [-0.2, -0.15) is 18.2 Å². The smallest absolute Gasteiger partial charge is 0.378 e. The van der Waals surface area contributed by atoms with Crippen LogP contribution in [-0.2, 0) is 13.0 Å². The third kappa shape index (κ3) is 5.34. The Kier molecular flexibility index (Phi) is 6.90. The highest BCUT2D eigenvalue weighted by Gasteiger charge is 2.33. The maximum atomic E-state index is 14.4. The quantitative estimate of drug-likeness (QED) is 0.295. The number of rotatable bonds is 7. The number of halogens is 4. The molecule has 1 aliphatic heterocycles. The van der Waals surface area contributed by atoms with Crippen LogP contribution in [0.5, 0.6) is 0 Å². The molecule has 1 aromatic carbocycles. The Hall–Kier alpha value is -3.10. The molecule has 1 fully saturated rings. The van der Waals surface area contributed by atoms with Crippen molar-refractivity contribution in [2.45, 2.75) is 37.8 Å². The van der Waals surface area contributed by atoms with Crippen LogP contribution in [0.15, 0.2) is 34.3 Å². The van der Waals surface area contributed by atoms with E-state index in [4.69, 9.17) is 4.52 Å². The van der Waals surface area contributed by atoms with Gasteiger partial charge < -0.3 is 20.5 Å². The number of amides is 1. The molecule has 0 spiro atoms. The Bertz CT molecular complexity index is 1350. The van der Waals surface area contributed by atoms with E-state index in [0.29, 0.717) is 28.7 Å². The number of nitrogens with one attached hydrogen (secondary N) is 3. The molecule has 2 atom stereocenters. The number of thiazole rings is 1. The maximum Gasteiger partial charge on any atom is 0.393 e. The second-order valence-corrected chi connectivity index (χ2v) is 10.1. The minimum atomic E-state index is -4.47. The van der Waals surface area contributed by atoms with Crippen LogP contribution in [0.4, 0.5) is 23.2 Å². The number of carbonyl (C=O) groups is 1. The van der Waals surface area contributed by atoms with E-state index >= 15 is 0 Å². The molecule has 190 valence electrons. The number of benzene rings is 1. The largest absolute Gasteiger partial charge is 0.393 e. The predicted molar refractivity (Wildman–Crippen MR) is 128 cm³/mol. The average Bonchev–Trinajstić information content (AvgIpc) is 3.59. The van der Waals surface area contributed by atoms with Crippen molar-refractivity contribution in [1.82, 2.24) is 25.8 Å². The van der Waals surface area contributed by atoms with Crippen LogP contribution in [0, 0.1) is 0 Å². The fourth-order valence-corrected chi connectivity index (χ4v) is 5.78. The van der Waals surface area contributed by atoms with Crippen molar-refractivity contribution in [2.75, 3.05) is 18.4 Å². The summed E-state index contributed by atoms with van der Waals surface area (Å²) in [6.45, 7) is 0.756. The van der Waals surface area contributed by atoms with Crippen molar-refractivity contribution in [3.63, 3.8) is 0 Å². The Morgan fingerprint density at radius 3 is 2.92 bits per heavy atom. The average molecular weight is 541 g/mol. The number of alkyl halides is 4. The number of thiophene rings is 1. The number of piperidine rings is 1. The summed E-state index contributed by atoms with van der Waals surface area (Å²) in [5, 5.41) is 14.9. The zero-order chi connectivity index (χ0) is 25.3. The van der Waals surface area contributed by atoms with E-state index in [2.05, 4.69) is 31.1 Å². The maximum absolute atomic E-state index is 14.4. The molecule has 8 nitrogen and oxygen atoms in total. The van der Waals surface area contributed by atoms with Crippen molar-refractivity contribution in [2.24, 2.45) is 0 Å². The molecule has 0 radical (unpaired) electrons. The molecule has 1 aliphatic rings. The summed E-state index contributed by atoms with van der Waals surface area (Å²) in [5.74, 6) is -0.395. The first-order valence-corrected chi connectivity index (χ1v) is 12.7. The molecule has 0 bridgehead atoms. The van der Waals surface area contributed by atoms with Crippen molar-refractivity contribution in [1.29, 1.82) is 0 Å². The molecule has 0 saturated carbocycles. The number of fused-ring (bicyclic) bond motifs is 1. The van der Waals surface area contributed by atoms with E-state index < -0.39 is 30.7 Å². The second kappa shape index (κ2) is 10.1. The third-order valence-corrected chi connectivity index (χ3v) is 7.69. The number of hydrogen-bond acceptors (Lipinski definition) is 9. The minimum Gasteiger partial charge on any atom is -0.378 e. The molecule has 3 N–H and O–H groups in total. The van der Waals surface area contributed by atoms with Crippen molar-refractivity contribution >= 4 is 44.4 Å². The molecule has 4 heterocycles. The minimum absolute atomic E-state index is 0.00914. The van der Waals surface area contributed by atoms with Crippen LogP contribution in [0.2, 0.25) is 0 Å². The number of nitrogens with zero attached hydrogens (tertiary/aromatic N) is 3. The molecule has 1 saturated heterocycles. The van der Waals surface area contributed by atoms with Gasteiger partial charge in [-0.15, -0.1) is 22.7 Å². The lowest BCUT2D eigenvalue weighted by Gasteiger charge is -2.28. The van der Waals surface area contributed by atoms with Crippen molar-refractivity contribution in [3.8, 4) is 10.7 Å². The lowest BCUT2D eigenvalue weighted by atomic mass is 10.0. The van der Waals surface area contributed by atoms with Gasteiger partial charge in [0.05, 0.1) is 34.3 Å². The summed E-state index contributed by atoms with van der Waals surface area (Å²) in [7, 11) is 0. The monoisotopic (exact) mass is 540 g/mol. The van der Waals surface area contributed by atoms with Gasteiger partial charge in [0.25, 0.3) is 5.91 Å². The van der Waals surface area contributed by atoms with Gasteiger partial charge >= 0.3 is 6.18 Å². The summed E-state index contributed by atoms with van der Waals surface area (Å²) in [5.41, 5.74) is 0.577. The van der Waals surface area contributed by atoms with Gasteiger partial charge in [-0.05, 0) is 30.0 Å². The topological polar surface area (TPSA) is 105 Å². The number of aromatic nitrogens is 3. The molecular formula is C22H20F4N6O2S2. The lowest BCUT2D eigenvalue weighted by molar-refractivity contribution is -0.126. The molecule has 0 aliphatic carbocycles. The first-order chi connectivity index (χ1) is 17.3. The molecule has 14 heteroatoms. The van der Waals surface area contributed by atoms with Crippen LogP contribution in [-0.4, -0.2) is 52.5 Å². The number of anilines is 1. The van der Waals surface area contributed by atoms with E-state index in [1.807, 2.05) is 0 Å². The van der Waals surface area contributed by atoms with Crippen LogP contribution < -0.4 is 16.0 Å². The fraction of sp³-hybridized carbons (Fsp3) is 0.364. The van der Waals surface area contributed by atoms with Crippen LogP contribution in [0.1, 0.15) is 27.7 Å². The van der Waals surface area contributed by atoms with E-state index in [1.165, 1.54) is 6.20 Å². The van der Waals surface area contributed by atoms with Crippen LogP contribution in [0.25, 0.3) is 20.8 Å². The molecule has 3 aromatic heterocycles.